The lowest BCUT2D eigenvalue weighted by atomic mass is 10.2. The van der Waals surface area contributed by atoms with Crippen LogP contribution in [0.25, 0.3) is 11.0 Å². The summed E-state index contributed by atoms with van der Waals surface area (Å²) in [7, 11) is 0. The Morgan fingerprint density at radius 2 is 2.05 bits per heavy atom. The van der Waals surface area contributed by atoms with E-state index in [1.54, 1.807) is 0 Å². The highest BCUT2D eigenvalue weighted by atomic mass is 32.2. The van der Waals surface area contributed by atoms with Crippen LogP contribution in [0.15, 0.2) is 53.7 Å². The lowest BCUT2D eigenvalue weighted by Gasteiger charge is -2.03. The van der Waals surface area contributed by atoms with Crippen LogP contribution in [-0.2, 0) is 16.1 Å². The summed E-state index contributed by atoms with van der Waals surface area (Å²) in [5, 5.41) is 0.734. The van der Waals surface area contributed by atoms with Crippen LogP contribution in [0.4, 0.5) is 0 Å². The van der Waals surface area contributed by atoms with E-state index in [1.165, 1.54) is 17.3 Å². The number of benzene rings is 2. The Balaban J connectivity index is 1.53. The first-order valence-electron chi connectivity index (χ1n) is 6.99. The minimum Gasteiger partial charge on any atom is -0.460 e. The predicted molar refractivity (Wildman–Crippen MR) is 87.8 cm³/mol. The Hall–Kier alpha value is -2.27. The number of carbonyl (C=O) groups excluding carboxylic acids is 1. The molecule has 0 fully saturated rings. The Labute approximate surface area is 132 Å². The zero-order chi connectivity index (χ0) is 15.4. The number of hydrogen-bond acceptors (Lipinski definition) is 4. The number of esters is 1. The maximum Gasteiger partial charge on any atom is 0.316 e. The number of aryl methyl sites for hydroxylation is 1. The van der Waals surface area contributed by atoms with Crippen molar-refractivity contribution in [3.8, 4) is 0 Å². The Morgan fingerprint density at radius 1 is 1.23 bits per heavy atom. The van der Waals surface area contributed by atoms with Crippen molar-refractivity contribution in [3.63, 3.8) is 0 Å². The summed E-state index contributed by atoms with van der Waals surface area (Å²) < 4.78 is 5.24. The summed E-state index contributed by atoms with van der Waals surface area (Å²) in [6.07, 6.45) is 0. The second-order valence-electron chi connectivity index (χ2n) is 5.00. The number of thioether (sulfide) groups is 1. The van der Waals surface area contributed by atoms with Gasteiger partial charge in [-0.2, -0.15) is 0 Å². The molecule has 0 amide bonds. The standard InChI is InChI=1S/C17H16N2O2S/c1-12-7-8-14-15(9-12)19-17(18-14)22-11-16(20)21-10-13-5-3-2-4-6-13/h2-9H,10-11H2,1H3,(H,18,19). The monoisotopic (exact) mass is 312 g/mol. The molecular formula is C17H16N2O2S. The number of aromatic nitrogens is 2. The van der Waals surface area contributed by atoms with Gasteiger partial charge < -0.3 is 9.72 Å². The van der Waals surface area contributed by atoms with E-state index in [1.807, 2.05) is 55.5 Å². The fourth-order valence-corrected chi connectivity index (χ4v) is 2.76. The third-order valence-electron chi connectivity index (χ3n) is 3.19. The molecule has 22 heavy (non-hydrogen) atoms. The quantitative estimate of drug-likeness (QED) is 0.576. The van der Waals surface area contributed by atoms with Gasteiger partial charge in [-0.05, 0) is 30.2 Å². The van der Waals surface area contributed by atoms with Gasteiger partial charge in [0.2, 0.25) is 0 Å². The summed E-state index contributed by atoms with van der Waals surface area (Å²) in [4.78, 5) is 19.4. The predicted octanol–water partition coefficient (Wildman–Crippen LogP) is 3.71. The fraction of sp³-hybridized carbons (Fsp3) is 0.176. The molecule has 0 bridgehead atoms. The first-order chi connectivity index (χ1) is 10.7. The van der Waals surface area contributed by atoms with Crippen LogP contribution >= 0.6 is 11.8 Å². The summed E-state index contributed by atoms with van der Waals surface area (Å²) in [5.74, 6) is -0.00321. The van der Waals surface area contributed by atoms with E-state index in [4.69, 9.17) is 4.74 Å². The molecule has 0 saturated heterocycles. The number of nitrogens with zero attached hydrogens (tertiary/aromatic N) is 1. The molecule has 2 aromatic carbocycles. The number of aromatic amines is 1. The normalized spacial score (nSPS) is 10.8. The highest BCUT2D eigenvalue weighted by Gasteiger charge is 2.08. The van der Waals surface area contributed by atoms with Gasteiger partial charge >= 0.3 is 5.97 Å². The summed E-state index contributed by atoms with van der Waals surface area (Å²) in [6.45, 7) is 2.34. The molecule has 1 N–H and O–H groups in total. The topological polar surface area (TPSA) is 55.0 Å². The van der Waals surface area contributed by atoms with E-state index >= 15 is 0 Å². The van der Waals surface area contributed by atoms with E-state index < -0.39 is 0 Å². The molecule has 0 saturated carbocycles. The van der Waals surface area contributed by atoms with Crippen LogP contribution < -0.4 is 0 Å². The largest absolute Gasteiger partial charge is 0.460 e. The SMILES string of the molecule is Cc1ccc2nc(SCC(=O)OCc3ccccc3)[nH]c2c1. The maximum absolute atomic E-state index is 11.8. The summed E-state index contributed by atoms with van der Waals surface area (Å²) >= 11 is 1.35. The number of ether oxygens (including phenoxy) is 1. The molecule has 0 aliphatic heterocycles. The van der Waals surface area contributed by atoms with Crippen molar-refractivity contribution in [1.29, 1.82) is 0 Å². The average molecular weight is 312 g/mol. The smallest absolute Gasteiger partial charge is 0.316 e. The highest BCUT2D eigenvalue weighted by molar-refractivity contribution is 7.99. The van der Waals surface area contributed by atoms with Crippen molar-refractivity contribution < 1.29 is 9.53 Å². The van der Waals surface area contributed by atoms with E-state index in [0.717, 1.165) is 21.8 Å². The lowest BCUT2D eigenvalue weighted by molar-refractivity contribution is -0.141. The molecule has 3 rings (SSSR count). The Kier molecular flexibility index (Phi) is 4.44. The van der Waals surface area contributed by atoms with Gasteiger partial charge in [0.15, 0.2) is 5.16 Å². The minimum atomic E-state index is -0.245. The van der Waals surface area contributed by atoms with Crippen molar-refractivity contribution >= 4 is 28.8 Å². The molecule has 3 aromatic rings. The second-order valence-corrected chi connectivity index (χ2v) is 5.96. The van der Waals surface area contributed by atoms with Crippen LogP contribution in [0.5, 0.6) is 0 Å². The molecule has 112 valence electrons. The number of imidazole rings is 1. The number of H-pyrrole nitrogens is 1. The third-order valence-corrected chi connectivity index (χ3v) is 4.03. The van der Waals surface area contributed by atoms with Gasteiger partial charge in [-0.3, -0.25) is 4.79 Å². The average Bonchev–Trinajstić information content (AvgIpc) is 2.94. The highest BCUT2D eigenvalue weighted by Crippen LogP contribution is 2.20. The number of nitrogens with one attached hydrogen (secondary N) is 1. The van der Waals surface area contributed by atoms with Crippen LogP contribution in [0.2, 0.25) is 0 Å². The van der Waals surface area contributed by atoms with E-state index in [9.17, 15) is 4.79 Å². The number of carbonyl (C=O) groups is 1. The lowest BCUT2D eigenvalue weighted by Crippen LogP contribution is -2.07. The van der Waals surface area contributed by atoms with Crippen molar-refractivity contribution in [2.45, 2.75) is 18.7 Å². The van der Waals surface area contributed by atoms with Gasteiger partial charge in [0.1, 0.15) is 6.61 Å². The number of rotatable bonds is 5. The summed E-state index contributed by atoms with van der Waals surface area (Å²) in [6, 6.07) is 15.7. The van der Waals surface area contributed by atoms with Gasteiger partial charge in [0, 0.05) is 0 Å². The Morgan fingerprint density at radius 3 is 2.86 bits per heavy atom. The van der Waals surface area contributed by atoms with Crippen molar-refractivity contribution in [2.75, 3.05) is 5.75 Å². The molecule has 0 atom stereocenters. The third kappa shape index (κ3) is 3.68. The number of hydrogen-bond donors (Lipinski definition) is 1. The first kappa shape index (κ1) is 14.7. The van der Waals surface area contributed by atoms with Crippen LogP contribution in [0.1, 0.15) is 11.1 Å². The first-order valence-corrected chi connectivity index (χ1v) is 7.98. The minimum absolute atomic E-state index is 0.242. The zero-order valence-corrected chi connectivity index (χ0v) is 13.0. The van der Waals surface area contributed by atoms with Crippen LogP contribution in [0.3, 0.4) is 0 Å². The molecule has 0 unspecified atom stereocenters. The van der Waals surface area contributed by atoms with Gasteiger partial charge in [0.25, 0.3) is 0 Å². The fourth-order valence-electron chi connectivity index (χ4n) is 2.08. The van der Waals surface area contributed by atoms with Crippen molar-refractivity contribution in [3.05, 3.63) is 59.7 Å². The van der Waals surface area contributed by atoms with Gasteiger partial charge in [-0.25, -0.2) is 4.98 Å². The molecule has 0 aliphatic rings. The molecular weight excluding hydrogens is 296 g/mol. The molecule has 4 nitrogen and oxygen atoms in total. The molecule has 0 aliphatic carbocycles. The van der Waals surface area contributed by atoms with E-state index in [0.29, 0.717) is 6.61 Å². The molecule has 5 heteroatoms. The van der Waals surface area contributed by atoms with E-state index in [2.05, 4.69) is 9.97 Å². The zero-order valence-electron chi connectivity index (χ0n) is 12.2. The second kappa shape index (κ2) is 6.66. The van der Waals surface area contributed by atoms with Crippen LogP contribution in [-0.4, -0.2) is 21.7 Å². The van der Waals surface area contributed by atoms with E-state index in [-0.39, 0.29) is 11.7 Å². The molecule has 0 radical (unpaired) electrons. The van der Waals surface area contributed by atoms with Gasteiger partial charge in [0.05, 0.1) is 16.8 Å². The van der Waals surface area contributed by atoms with Gasteiger partial charge in [-0.1, -0.05) is 48.2 Å². The number of fused-ring (bicyclic) bond motifs is 1. The van der Waals surface area contributed by atoms with Crippen LogP contribution in [0, 0.1) is 6.92 Å². The molecule has 1 aromatic heterocycles. The van der Waals surface area contributed by atoms with Gasteiger partial charge in [-0.15, -0.1) is 0 Å². The molecule has 1 heterocycles. The maximum atomic E-state index is 11.8. The molecule has 0 spiro atoms. The van der Waals surface area contributed by atoms with Crippen molar-refractivity contribution in [1.82, 2.24) is 9.97 Å². The summed E-state index contributed by atoms with van der Waals surface area (Å²) in [5.41, 5.74) is 4.06. The van der Waals surface area contributed by atoms with Crippen molar-refractivity contribution in [2.24, 2.45) is 0 Å². The Bertz CT molecular complexity index is 784.